The van der Waals surface area contributed by atoms with Crippen molar-refractivity contribution in [2.24, 2.45) is 4.99 Å². The van der Waals surface area contributed by atoms with E-state index < -0.39 is 5.79 Å². The molecular weight excluding hydrogens is 326 g/mol. The molecular formula is C21H27N3O2. The van der Waals surface area contributed by atoms with E-state index in [2.05, 4.69) is 41.8 Å². The van der Waals surface area contributed by atoms with Gasteiger partial charge >= 0.3 is 0 Å². The number of guanidine groups is 1. The number of nitrogens with one attached hydrogen (secondary N) is 2. The van der Waals surface area contributed by atoms with Gasteiger partial charge in [0.25, 0.3) is 0 Å². The zero-order valence-electron chi connectivity index (χ0n) is 15.5. The Hall–Kier alpha value is -2.37. The number of anilines is 1. The highest BCUT2D eigenvalue weighted by molar-refractivity contribution is 5.93. The SMILES string of the molecule is Cc1ccc(CN=C(NCCC2(C)OCCO2)Nc2ccccc2)cc1. The highest BCUT2D eigenvalue weighted by Gasteiger charge is 2.30. The second kappa shape index (κ2) is 8.83. The van der Waals surface area contributed by atoms with E-state index in [0.717, 1.165) is 18.1 Å². The largest absolute Gasteiger partial charge is 0.356 e. The molecule has 5 heteroatoms. The maximum atomic E-state index is 5.66. The van der Waals surface area contributed by atoms with E-state index in [1.54, 1.807) is 0 Å². The number of rotatable bonds is 6. The molecule has 0 aliphatic carbocycles. The number of aryl methyl sites for hydroxylation is 1. The average molecular weight is 353 g/mol. The van der Waals surface area contributed by atoms with Crippen LogP contribution in [0.4, 0.5) is 5.69 Å². The summed E-state index contributed by atoms with van der Waals surface area (Å²) >= 11 is 0. The van der Waals surface area contributed by atoms with Crippen LogP contribution in [0, 0.1) is 6.92 Å². The number of nitrogens with zero attached hydrogens (tertiary/aromatic N) is 1. The number of hydrogen-bond donors (Lipinski definition) is 2. The lowest BCUT2D eigenvalue weighted by Crippen LogP contribution is -2.36. The Morgan fingerprint density at radius 1 is 1.04 bits per heavy atom. The van der Waals surface area contributed by atoms with Crippen molar-refractivity contribution in [2.45, 2.75) is 32.6 Å². The molecule has 1 saturated heterocycles. The van der Waals surface area contributed by atoms with E-state index in [1.807, 2.05) is 37.3 Å². The monoisotopic (exact) mass is 353 g/mol. The van der Waals surface area contributed by atoms with Crippen LogP contribution in [-0.2, 0) is 16.0 Å². The van der Waals surface area contributed by atoms with Gasteiger partial charge in [0.05, 0.1) is 19.8 Å². The van der Waals surface area contributed by atoms with E-state index >= 15 is 0 Å². The van der Waals surface area contributed by atoms with Gasteiger partial charge in [0.15, 0.2) is 11.7 Å². The fourth-order valence-electron chi connectivity index (χ4n) is 2.77. The van der Waals surface area contributed by atoms with Crippen LogP contribution in [-0.4, -0.2) is 31.5 Å². The molecule has 3 rings (SSSR count). The second-order valence-electron chi connectivity index (χ2n) is 6.65. The molecule has 26 heavy (non-hydrogen) atoms. The zero-order valence-corrected chi connectivity index (χ0v) is 15.5. The van der Waals surface area contributed by atoms with Crippen molar-refractivity contribution in [3.63, 3.8) is 0 Å². The smallest absolute Gasteiger partial charge is 0.196 e. The minimum atomic E-state index is -0.498. The average Bonchev–Trinajstić information content (AvgIpc) is 3.08. The molecule has 1 aliphatic rings. The van der Waals surface area contributed by atoms with Crippen LogP contribution in [0.1, 0.15) is 24.5 Å². The normalized spacial score (nSPS) is 16.5. The summed E-state index contributed by atoms with van der Waals surface area (Å²) in [6.07, 6.45) is 0.757. The number of hydrogen-bond acceptors (Lipinski definition) is 3. The Labute approximate surface area is 155 Å². The van der Waals surface area contributed by atoms with Gasteiger partial charge < -0.3 is 20.1 Å². The first kappa shape index (κ1) is 18.4. The van der Waals surface area contributed by atoms with Crippen molar-refractivity contribution in [1.29, 1.82) is 0 Å². The zero-order chi connectivity index (χ0) is 18.2. The predicted molar refractivity (Wildman–Crippen MR) is 105 cm³/mol. The minimum Gasteiger partial charge on any atom is -0.356 e. The number of para-hydroxylation sites is 1. The quantitative estimate of drug-likeness (QED) is 0.614. The molecule has 0 bridgehead atoms. The summed E-state index contributed by atoms with van der Waals surface area (Å²) in [5.41, 5.74) is 3.43. The van der Waals surface area contributed by atoms with E-state index in [-0.39, 0.29) is 0 Å². The van der Waals surface area contributed by atoms with E-state index in [1.165, 1.54) is 11.1 Å². The van der Waals surface area contributed by atoms with Crippen LogP contribution in [0.2, 0.25) is 0 Å². The predicted octanol–water partition coefficient (Wildman–Crippen LogP) is 3.71. The first-order valence-electron chi connectivity index (χ1n) is 9.07. The summed E-state index contributed by atoms with van der Waals surface area (Å²) in [6.45, 7) is 6.72. The van der Waals surface area contributed by atoms with Crippen LogP contribution in [0.25, 0.3) is 0 Å². The third kappa shape index (κ3) is 5.58. The molecule has 0 atom stereocenters. The van der Waals surface area contributed by atoms with Crippen LogP contribution >= 0.6 is 0 Å². The fourth-order valence-corrected chi connectivity index (χ4v) is 2.77. The molecule has 1 heterocycles. The molecule has 0 saturated carbocycles. The van der Waals surface area contributed by atoms with Gasteiger partial charge in [0, 0.05) is 18.7 Å². The third-order valence-corrected chi connectivity index (χ3v) is 4.35. The molecule has 5 nitrogen and oxygen atoms in total. The van der Waals surface area contributed by atoms with Gasteiger partial charge in [-0.3, -0.25) is 0 Å². The number of aliphatic imine (C=N–C) groups is 1. The first-order valence-corrected chi connectivity index (χ1v) is 9.07. The second-order valence-corrected chi connectivity index (χ2v) is 6.65. The first-order chi connectivity index (χ1) is 12.6. The maximum absolute atomic E-state index is 5.66. The number of ether oxygens (including phenoxy) is 2. The van der Waals surface area contributed by atoms with Gasteiger partial charge in [-0.05, 0) is 31.5 Å². The lowest BCUT2D eigenvalue weighted by molar-refractivity contribution is -0.145. The molecule has 2 aromatic rings. The van der Waals surface area contributed by atoms with E-state index in [9.17, 15) is 0 Å². The Balaban J connectivity index is 1.62. The molecule has 1 aliphatic heterocycles. The fraction of sp³-hybridized carbons (Fsp3) is 0.381. The van der Waals surface area contributed by atoms with Crippen LogP contribution in [0.5, 0.6) is 0 Å². The molecule has 0 aromatic heterocycles. The van der Waals surface area contributed by atoms with Crippen molar-refractivity contribution in [2.75, 3.05) is 25.1 Å². The minimum absolute atomic E-state index is 0.498. The van der Waals surface area contributed by atoms with Crippen LogP contribution in [0.15, 0.2) is 59.6 Å². The van der Waals surface area contributed by atoms with Gasteiger partial charge in [-0.2, -0.15) is 0 Å². The van der Waals surface area contributed by atoms with Crippen molar-refractivity contribution in [3.05, 3.63) is 65.7 Å². The summed E-state index contributed by atoms with van der Waals surface area (Å²) < 4.78 is 11.3. The van der Waals surface area contributed by atoms with Gasteiger partial charge in [0.2, 0.25) is 0 Å². The lowest BCUT2D eigenvalue weighted by atomic mass is 10.1. The van der Waals surface area contributed by atoms with E-state index in [4.69, 9.17) is 14.5 Å². The van der Waals surface area contributed by atoms with E-state index in [0.29, 0.717) is 26.3 Å². The number of benzene rings is 2. The molecule has 2 N–H and O–H groups in total. The van der Waals surface area contributed by atoms with Crippen molar-refractivity contribution >= 4 is 11.6 Å². The lowest BCUT2D eigenvalue weighted by Gasteiger charge is -2.23. The highest BCUT2D eigenvalue weighted by Crippen LogP contribution is 2.21. The summed E-state index contributed by atoms with van der Waals surface area (Å²) in [4.78, 5) is 4.72. The van der Waals surface area contributed by atoms with Crippen LogP contribution < -0.4 is 10.6 Å². The Morgan fingerprint density at radius 2 is 1.73 bits per heavy atom. The third-order valence-electron chi connectivity index (χ3n) is 4.35. The van der Waals surface area contributed by atoms with Gasteiger partial charge in [-0.25, -0.2) is 4.99 Å². The van der Waals surface area contributed by atoms with Gasteiger partial charge in [0.1, 0.15) is 0 Å². The molecule has 0 radical (unpaired) electrons. The summed E-state index contributed by atoms with van der Waals surface area (Å²) in [6, 6.07) is 18.5. The summed E-state index contributed by atoms with van der Waals surface area (Å²) in [5, 5.41) is 6.74. The Bertz CT molecular complexity index is 708. The molecule has 138 valence electrons. The maximum Gasteiger partial charge on any atom is 0.196 e. The molecule has 0 amide bonds. The topological polar surface area (TPSA) is 54.9 Å². The molecule has 1 fully saturated rings. The van der Waals surface area contributed by atoms with Crippen LogP contribution in [0.3, 0.4) is 0 Å². The standard InChI is InChI=1S/C21H27N3O2/c1-17-8-10-18(11-9-17)16-23-20(24-19-6-4-3-5-7-19)22-13-12-21(2)25-14-15-26-21/h3-11H,12-16H2,1-2H3,(H2,22,23,24). The highest BCUT2D eigenvalue weighted by atomic mass is 16.7. The molecule has 0 unspecified atom stereocenters. The van der Waals surface area contributed by atoms with Crippen molar-refractivity contribution in [1.82, 2.24) is 5.32 Å². The summed E-state index contributed by atoms with van der Waals surface area (Å²) in [7, 11) is 0. The Morgan fingerprint density at radius 3 is 2.42 bits per heavy atom. The van der Waals surface area contributed by atoms with Crippen molar-refractivity contribution in [3.8, 4) is 0 Å². The molecule has 0 spiro atoms. The van der Waals surface area contributed by atoms with Gasteiger partial charge in [-0.15, -0.1) is 0 Å². The Kier molecular flexibility index (Phi) is 6.26. The van der Waals surface area contributed by atoms with Crippen molar-refractivity contribution < 1.29 is 9.47 Å². The van der Waals surface area contributed by atoms with Gasteiger partial charge in [-0.1, -0.05) is 48.0 Å². The summed E-state index contributed by atoms with van der Waals surface area (Å²) in [5.74, 6) is 0.250. The molecule has 2 aromatic carbocycles.